The van der Waals surface area contributed by atoms with Crippen molar-refractivity contribution in [3.8, 4) is 11.5 Å². The molecule has 19 heavy (non-hydrogen) atoms. The van der Waals surface area contributed by atoms with Gasteiger partial charge in [0.15, 0.2) is 5.47 Å². The average molecular weight is 308 g/mol. The van der Waals surface area contributed by atoms with Crippen LogP contribution in [0.4, 0.5) is 0 Å². The molecule has 2 aromatic carbocycles. The van der Waals surface area contributed by atoms with E-state index in [4.69, 9.17) is 21.1 Å². The molecule has 0 N–H and O–H groups in total. The van der Waals surface area contributed by atoms with Crippen LogP contribution in [0.2, 0.25) is 0 Å². The standard InChI is InChI=1S/C14H13O2PS2/c1-15-12-6-8-13(9-7-12)17(18)16-14-5-3-2-4-11(14)10-19-17/h2-9H,10H2,1H3. The van der Waals surface area contributed by atoms with Crippen LogP contribution in [0.1, 0.15) is 5.56 Å². The summed E-state index contributed by atoms with van der Waals surface area (Å²) in [7, 11) is 1.66. The molecule has 98 valence electrons. The molecule has 0 aromatic heterocycles. The predicted molar refractivity (Wildman–Crippen MR) is 85.3 cm³/mol. The second kappa shape index (κ2) is 5.20. The number of ether oxygens (including phenoxy) is 1. The Labute approximate surface area is 122 Å². The Balaban J connectivity index is 1.94. The molecule has 1 unspecified atom stereocenters. The topological polar surface area (TPSA) is 18.5 Å². The summed E-state index contributed by atoms with van der Waals surface area (Å²) in [6, 6.07) is 16.0. The van der Waals surface area contributed by atoms with Crippen molar-refractivity contribution >= 4 is 34.0 Å². The molecule has 2 nitrogen and oxygen atoms in total. The number of para-hydroxylation sites is 1. The first-order valence-corrected chi connectivity index (χ1v) is 10.2. The summed E-state index contributed by atoms with van der Waals surface area (Å²) in [5, 5.41) is 1.09. The lowest BCUT2D eigenvalue weighted by atomic mass is 10.2. The molecule has 0 radical (unpaired) electrons. The molecule has 1 aliphatic rings. The summed E-state index contributed by atoms with van der Waals surface area (Å²) in [4.78, 5) is 0. The lowest BCUT2D eigenvalue weighted by Gasteiger charge is -2.28. The first-order chi connectivity index (χ1) is 9.21. The normalized spacial score (nSPS) is 21.3. The molecule has 0 saturated carbocycles. The molecular weight excluding hydrogens is 295 g/mol. The van der Waals surface area contributed by atoms with Crippen LogP contribution in [0.25, 0.3) is 0 Å². The van der Waals surface area contributed by atoms with Gasteiger partial charge in [0.1, 0.15) is 11.5 Å². The maximum atomic E-state index is 6.13. The van der Waals surface area contributed by atoms with E-state index in [1.165, 1.54) is 5.56 Å². The minimum absolute atomic E-state index is 0.841. The fourth-order valence-corrected chi connectivity index (χ4v) is 6.94. The summed E-state index contributed by atoms with van der Waals surface area (Å²) >= 11 is 7.52. The highest BCUT2D eigenvalue weighted by Gasteiger charge is 2.28. The molecule has 0 spiro atoms. The second-order valence-corrected chi connectivity index (χ2v) is 11.0. The van der Waals surface area contributed by atoms with Crippen molar-refractivity contribution in [2.75, 3.05) is 7.11 Å². The van der Waals surface area contributed by atoms with E-state index in [1.54, 1.807) is 18.5 Å². The smallest absolute Gasteiger partial charge is 0.196 e. The van der Waals surface area contributed by atoms with E-state index in [0.29, 0.717) is 0 Å². The van der Waals surface area contributed by atoms with Gasteiger partial charge in [-0.25, -0.2) is 0 Å². The number of benzene rings is 2. The molecule has 0 aliphatic carbocycles. The Bertz CT molecular complexity index is 640. The van der Waals surface area contributed by atoms with Gasteiger partial charge in [-0.15, -0.1) is 0 Å². The monoisotopic (exact) mass is 308 g/mol. The van der Waals surface area contributed by atoms with Crippen LogP contribution in [0.15, 0.2) is 48.5 Å². The number of rotatable bonds is 2. The SMILES string of the molecule is COc1ccc(P2(=S)Oc3ccccc3CS2)cc1. The fourth-order valence-electron chi connectivity index (χ4n) is 1.91. The van der Waals surface area contributed by atoms with Crippen LogP contribution < -0.4 is 14.6 Å². The quantitative estimate of drug-likeness (QED) is 0.782. The third kappa shape index (κ3) is 2.53. The number of fused-ring (bicyclic) bond motifs is 1. The summed E-state index contributed by atoms with van der Waals surface area (Å²) in [5.74, 6) is 2.69. The summed E-state index contributed by atoms with van der Waals surface area (Å²) in [6.07, 6.45) is 0. The van der Waals surface area contributed by atoms with Gasteiger partial charge in [0.2, 0.25) is 0 Å². The van der Waals surface area contributed by atoms with Crippen LogP contribution >= 0.6 is 16.8 Å². The van der Waals surface area contributed by atoms with Crippen molar-refractivity contribution in [1.82, 2.24) is 0 Å². The maximum Gasteiger partial charge on any atom is 0.196 e. The molecule has 2 aromatic rings. The van der Waals surface area contributed by atoms with Gasteiger partial charge in [0.25, 0.3) is 0 Å². The second-order valence-electron chi connectivity index (χ2n) is 4.17. The van der Waals surface area contributed by atoms with Gasteiger partial charge in [0.05, 0.1) is 7.11 Å². The van der Waals surface area contributed by atoms with E-state index in [0.717, 1.165) is 22.6 Å². The maximum absolute atomic E-state index is 6.13. The van der Waals surface area contributed by atoms with E-state index >= 15 is 0 Å². The molecular formula is C14H13O2PS2. The van der Waals surface area contributed by atoms with Crippen LogP contribution in [0.3, 0.4) is 0 Å². The molecule has 1 atom stereocenters. The lowest BCUT2D eigenvalue weighted by molar-refractivity contribution is 0.415. The minimum Gasteiger partial charge on any atom is -0.497 e. The molecule has 5 heteroatoms. The fraction of sp³-hybridized carbons (Fsp3) is 0.143. The van der Waals surface area contributed by atoms with Gasteiger partial charge in [-0.1, -0.05) is 29.6 Å². The Kier molecular flexibility index (Phi) is 3.57. The van der Waals surface area contributed by atoms with Gasteiger partial charge >= 0.3 is 0 Å². The van der Waals surface area contributed by atoms with Gasteiger partial charge < -0.3 is 9.26 Å². The highest BCUT2D eigenvalue weighted by atomic mass is 32.9. The summed E-state index contributed by atoms with van der Waals surface area (Å²) in [5.41, 5.74) is -0.810. The molecule has 0 saturated heterocycles. The third-order valence-electron chi connectivity index (χ3n) is 2.97. The van der Waals surface area contributed by atoms with Crippen molar-refractivity contribution in [1.29, 1.82) is 0 Å². The van der Waals surface area contributed by atoms with E-state index in [9.17, 15) is 0 Å². The van der Waals surface area contributed by atoms with Crippen LogP contribution in [-0.2, 0) is 17.6 Å². The van der Waals surface area contributed by atoms with Gasteiger partial charge in [-0.3, -0.25) is 0 Å². The average Bonchev–Trinajstić information content (AvgIpc) is 2.47. The molecule has 0 bridgehead atoms. The zero-order valence-corrected chi connectivity index (χ0v) is 12.9. The van der Waals surface area contributed by atoms with Crippen molar-refractivity contribution < 1.29 is 9.26 Å². The first kappa shape index (κ1) is 13.0. The Morgan fingerprint density at radius 1 is 1.16 bits per heavy atom. The Morgan fingerprint density at radius 2 is 1.89 bits per heavy atom. The van der Waals surface area contributed by atoms with Crippen molar-refractivity contribution in [2.24, 2.45) is 0 Å². The number of methoxy groups -OCH3 is 1. The zero-order valence-electron chi connectivity index (χ0n) is 10.4. The molecule has 0 amide bonds. The van der Waals surface area contributed by atoms with Gasteiger partial charge in [0, 0.05) is 16.6 Å². The number of hydrogen-bond donors (Lipinski definition) is 0. The summed E-state index contributed by atoms with van der Waals surface area (Å²) < 4.78 is 11.3. The van der Waals surface area contributed by atoms with Crippen molar-refractivity contribution in [3.63, 3.8) is 0 Å². The van der Waals surface area contributed by atoms with Gasteiger partial charge in [-0.05, 0) is 42.1 Å². The number of hydrogen-bond acceptors (Lipinski definition) is 4. The Hall–Kier alpha value is -0.960. The van der Waals surface area contributed by atoms with Crippen LogP contribution in [0.5, 0.6) is 11.5 Å². The highest BCUT2D eigenvalue weighted by Crippen LogP contribution is 2.63. The van der Waals surface area contributed by atoms with E-state index < -0.39 is 5.47 Å². The largest absolute Gasteiger partial charge is 0.497 e. The van der Waals surface area contributed by atoms with Crippen molar-refractivity contribution in [3.05, 3.63) is 54.1 Å². The minimum atomic E-state index is -2.03. The molecule has 3 rings (SSSR count). The van der Waals surface area contributed by atoms with Gasteiger partial charge in [-0.2, -0.15) is 0 Å². The molecule has 0 fully saturated rings. The molecule has 1 aliphatic heterocycles. The van der Waals surface area contributed by atoms with Crippen LogP contribution in [-0.4, -0.2) is 7.11 Å². The first-order valence-electron chi connectivity index (χ1n) is 5.88. The zero-order chi connectivity index (χ0) is 13.3. The van der Waals surface area contributed by atoms with E-state index in [1.807, 2.05) is 42.5 Å². The lowest BCUT2D eigenvalue weighted by Crippen LogP contribution is -2.10. The van der Waals surface area contributed by atoms with E-state index in [-0.39, 0.29) is 0 Å². The summed E-state index contributed by atoms with van der Waals surface area (Å²) in [6.45, 7) is 0. The van der Waals surface area contributed by atoms with Crippen LogP contribution in [0, 0.1) is 0 Å². The van der Waals surface area contributed by atoms with E-state index in [2.05, 4.69) is 6.07 Å². The van der Waals surface area contributed by atoms with Crippen molar-refractivity contribution in [2.45, 2.75) is 5.75 Å². The molecule has 1 heterocycles. The third-order valence-corrected chi connectivity index (χ3v) is 9.19. The Morgan fingerprint density at radius 3 is 2.63 bits per heavy atom. The predicted octanol–water partition coefficient (Wildman–Crippen LogP) is 3.96. The highest BCUT2D eigenvalue weighted by molar-refractivity contribution is 8.71.